The molecule has 1 amide bonds. The number of halogens is 1. The Morgan fingerprint density at radius 2 is 1.82 bits per heavy atom. The first-order valence-corrected chi connectivity index (χ1v) is 12.3. The fourth-order valence-corrected chi connectivity index (χ4v) is 5.05. The molecule has 1 aliphatic carbocycles. The van der Waals surface area contributed by atoms with Crippen LogP contribution in [0.2, 0.25) is 0 Å². The predicted molar refractivity (Wildman–Crippen MR) is 142 cm³/mol. The van der Waals surface area contributed by atoms with Crippen molar-refractivity contribution in [3.05, 3.63) is 18.5 Å². The van der Waals surface area contributed by atoms with E-state index in [4.69, 9.17) is 4.99 Å². The number of likely N-dealkylation sites (tertiary alicyclic amines) is 1. The number of hydrogen-bond acceptors (Lipinski definition) is 6. The van der Waals surface area contributed by atoms with E-state index in [1.807, 2.05) is 11.0 Å². The molecule has 9 nitrogen and oxygen atoms in total. The van der Waals surface area contributed by atoms with Gasteiger partial charge >= 0.3 is 0 Å². The molecule has 1 unspecified atom stereocenters. The summed E-state index contributed by atoms with van der Waals surface area (Å²) in [6, 6.07) is 3.05. The minimum absolute atomic E-state index is 0. The van der Waals surface area contributed by atoms with Gasteiger partial charge in [-0.1, -0.05) is 12.8 Å². The third-order valence-corrected chi connectivity index (χ3v) is 6.81. The van der Waals surface area contributed by atoms with Crippen molar-refractivity contribution >= 4 is 41.8 Å². The van der Waals surface area contributed by atoms with E-state index >= 15 is 0 Å². The maximum Gasteiger partial charge on any atom is 0.225 e. The van der Waals surface area contributed by atoms with Crippen molar-refractivity contribution in [2.24, 2.45) is 4.99 Å². The molecule has 0 spiro atoms. The molecular formula is C23H39IN8O. The minimum atomic E-state index is 0. The summed E-state index contributed by atoms with van der Waals surface area (Å²) < 4.78 is 0. The molecule has 2 saturated heterocycles. The van der Waals surface area contributed by atoms with E-state index < -0.39 is 0 Å². The standard InChI is InChI=1S/C23H38N8O.HI/c1-2-24-22(28-19-9-13-31(18-19)20-6-3-4-7-20)25-12-8-21(32)29-14-16-30(17-15-29)23-26-10-5-11-27-23;/h5,10-11,19-20H,2-4,6-9,12-18H2,1H3,(H2,24,25,28);1H. The Kier molecular flexibility index (Phi) is 10.4. The molecule has 0 radical (unpaired) electrons. The molecular weight excluding hydrogens is 531 g/mol. The molecule has 1 aromatic heterocycles. The molecule has 1 saturated carbocycles. The lowest BCUT2D eigenvalue weighted by atomic mass is 10.2. The van der Waals surface area contributed by atoms with Gasteiger partial charge in [0.1, 0.15) is 0 Å². The molecule has 3 fully saturated rings. The number of nitrogens with one attached hydrogen (secondary N) is 2. The van der Waals surface area contributed by atoms with Gasteiger partial charge in [-0.25, -0.2) is 9.97 Å². The number of carbonyl (C=O) groups is 1. The molecule has 4 rings (SSSR count). The van der Waals surface area contributed by atoms with Gasteiger partial charge in [0.25, 0.3) is 0 Å². The highest BCUT2D eigenvalue weighted by molar-refractivity contribution is 14.0. The number of piperazine rings is 1. The monoisotopic (exact) mass is 570 g/mol. The van der Waals surface area contributed by atoms with Crippen LogP contribution >= 0.6 is 24.0 Å². The van der Waals surface area contributed by atoms with Crippen LogP contribution in [0.1, 0.15) is 45.4 Å². The van der Waals surface area contributed by atoms with Gasteiger partial charge in [0.15, 0.2) is 5.96 Å². The van der Waals surface area contributed by atoms with Crippen LogP contribution in [0, 0.1) is 0 Å². The van der Waals surface area contributed by atoms with Crippen LogP contribution in [0.4, 0.5) is 5.95 Å². The lowest BCUT2D eigenvalue weighted by molar-refractivity contribution is -0.131. The lowest BCUT2D eigenvalue weighted by Crippen LogP contribution is -2.49. The van der Waals surface area contributed by atoms with E-state index in [0.29, 0.717) is 32.1 Å². The SMILES string of the molecule is CCNC(=NCCC(=O)N1CCN(c2ncccn2)CC1)NC1CCN(C2CCCC2)C1.I. The molecule has 33 heavy (non-hydrogen) atoms. The molecule has 2 aliphatic heterocycles. The molecule has 0 bridgehead atoms. The number of hydrogen-bond donors (Lipinski definition) is 2. The zero-order valence-corrected chi connectivity index (χ0v) is 22.1. The quantitative estimate of drug-likeness (QED) is 0.293. The summed E-state index contributed by atoms with van der Waals surface area (Å²) in [6.07, 6.45) is 10.6. The van der Waals surface area contributed by atoms with Crippen LogP contribution in [0.5, 0.6) is 0 Å². The average molecular weight is 571 g/mol. The Morgan fingerprint density at radius 1 is 1.09 bits per heavy atom. The second-order valence-corrected chi connectivity index (χ2v) is 8.99. The first-order valence-electron chi connectivity index (χ1n) is 12.3. The Hall–Kier alpha value is -1.69. The molecule has 184 valence electrons. The van der Waals surface area contributed by atoms with Gasteiger partial charge in [-0.2, -0.15) is 0 Å². The van der Waals surface area contributed by atoms with Crippen molar-refractivity contribution in [2.45, 2.75) is 57.5 Å². The van der Waals surface area contributed by atoms with Crippen LogP contribution in [-0.4, -0.2) is 96.1 Å². The molecule has 3 aliphatic rings. The summed E-state index contributed by atoms with van der Waals surface area (Å²) in [4.78, 5) is 32.7. The number of aromatic nitrogens is 2. The van der Waals surface area contributed by atoms with Gasteiger partial charge in [-0.3, -0.25) is 14.7 Å². The third-order valence-electron chi connectivity index (χ3n) is 6.81. The van der Waals surface area contributed by atoms with Gasteiger partial charge in [-0.05, 0) is 32.3 Å². The highest BCUT2D eigenvalue weighted by atomic mass is 127. The summed E-state index contributed by atoms with van der Waals surface area (Å²) in [5.74, 6) is 1.75. The zero-order chi connectivity index (χ0) is 22.2. The molecule has 1 aromatic rings. The topological polar surface area (TPSA) is 89.0 Å². The highest BCUT2D eigenvalue weighted by Gasteiger charge is 2.30. The average Bonchev–Trinajstić information content (AvgIpc) is 3.52. The number of nitrogens with zero attached hydrogens (tertiary/aromatic N) is 6. The Balaban J connectivity index is 0.00000306. The predicted octanol–water partition coefficient (Wildman–Crippen LogP) is 1.71. The van der Waals surface area contributed by atoms with Crippen molar-refractivity contribution in [2.75, 3.05) is 57.3 Å². The first kappa shape index (κ1) is 25.9. The molecule has 0 aromatic carbocycles. The van der Waals surface area contributed by atoms with Gasteiger partial charge in [0.05, 0.1) is 6.54 Å². The second kappa shape index (κ2) is 13.3. The van der Waals surface area contributed by atoms with Gasteiger partial charge in [-0.15, -0.1) is 24.0 Å². The fraction of sp³-hybridized carbons (Fsp3) is 0.739. The van der Waals surface area contributed by atoms with Gasteiger partial charge in [0.2, 0.25) is 11.9 Å². The maximum atomic E-state index is 12.7. The van der Waals surface area contributed by atoms with Crippen LogP contribution in [0.15, 0.2) is 23.5 Å². The minimum Gasteiger partial charge on any atom is -0.357 e. The molecule has 2 N–H and O–H groups in total. The van der Waals surface area contributed by atoms with Crippen molar-refractivity contribution in [1.82, 2.24) is 30.4 Å². The number of guanidine groups is 1. The Bertz CT molecular complexity index is 750. The highest BCUT2D eigenvalue weighted by Crippen LogP contribution is 2.26. The third kappa shape index (κ3) is 7.40. The lowest BCUT2D eigenvalue weighted by Gasteiger charge is -2.34. The van der Waals surface area contributed by atoms with E-state index in [-0.39, 0.29) is 29.9 Å². The van der Waals surface area contributed by atoms with Gasteiger partial charge in [0, 0.05) is 76.7 Å². The second-order valence-electron chi connectivity index (χ2n) is 8.99. The Labute approximate surface area is 214 Å². The summed E-state index contributed by atoms with van der Waals surface area (Å²) in [7, 11) is 0. The number of aliphatic imine (C=N–C) groups is 1. The Morgan fingerprint density at radius 3 is 2.52 bits per heavy atom. The van der Waals surface area contributed by atoms with E-state index in [0.717, 1.165) is 50.5 Å². The summed E-state index contributed by atoms with van der Waals surface area (Å²) in [5.41, 5.74) is 0. The van der Waals surface area contributed by atoms with E-state index in [2.05, 4.69) is 37.3 Å². The van der Waals surface area contributed by atoms with E-state index in [9.17, 15) is 4.79 Å². The van der Waals surface area contributed by atoms with Crippen molar-refractivity contribution in [3.8, 4) is 0 Å². The first-order chi connectivity index (χ1) is 15.7. The van der Waals surface area contributed by atoms with Crippen LogP contribution in [-0.2, 0) is 4.79 Å². The van der Waals surface area contributed by atoms with Crippen molar-refractivity contribution < 1.29 is 4.79 Å². The number of carbonyl (C=O) groups excluding carboxylic acids is 1. The maximum absolute atomic E-state index is 12.7. The zero-order valence-electron chi connectivity index (χ0n) is 19.8. The number of amides is 1. The normalized spacial score (nSPS) is 22.3. The van der Waals surface area contributed by atoms with E-state index in [1.54, 1.807) is 12.4 Å². The smallest absolute Gasteiger partial charge is 0.225 e. The number of rotatable bonds is 7. The summed E-state index contributed by atoms with van der Waals surface area (Å²) in [6.45, 7) is 8.64. The van der Waals surface area contributed by atoms with E-state index in [1.165, 1.54) is 32.2 Å². The molecule has 10 heteroatoms. The molecule has 1 atom stereocenters. The van der Waals surface area contributed by atoms with Crippen molar-refractivity contribution in [3.63, 3.8) is 0 Å². The van der Waals surface area contributed by atoms with Crippen molar-refractivity contribution in [1.29, 1.82) is 0 Å². The van der Waals surface area contributed by atoms with Crippen LogP contribution in [0.25, 0.3) is 0 Å². The molecule has 3 heterocycles. The van der Waals surface area contributed by atoms with Crippen LogP contribution in [0.3, 0.4) is 0 Å². The summed E-state index contributed by atoms with van der Waals surface area (Å²) >= 11 is 0. The fourth-order valence-electron chi connectivity index (χ4n) is 5.05. The summed E-state index contributed by atoms with van der Waals surface area (Å²) in [5, 5.41) is 6.95. The van der Waals surface area contributed by atoms with Gasteiger partial charge < -0.3 is 20.4 Å². The number of anilines is 1. The largest absolute Gasteiger partial charge is 0.357 e. The van der Waals surface area contributed by atoms with Crippen LogP contribution < -0.4 is 15.5 Å².